The first-order valence-corrected chi connectivity index (χ1v) is 8.67. The van der Waals surface area contributed by atoms with Crippen molar-refractivity contribution in [3.05, 3.63) is 71.6 Å². The van der Waals surface area contributed by atoms with Gasteiger partial charge >= 0.3 is 0 Å². The Hall–Kier alpha value is -3.25. The number of hydrogen-bond acceptors (Lipinski definition) is 4. The van der Waals surface area contributed by atoms with Crippen LogP contribution in [0, 0.1) is 0 Å². The smallest absolute Gasteiger partial charge is 0.256 e. The molecular formula is C19H12N4OS. The Labute approximate surface area is 147 Å². The van der Waals surface area contributed by atoms with Crippen molar-refractivity contribution in [1.29, 1.82) is 0 Å². The zero-order valence-electron chi connectivity index (χ0n) is 13.0. The molecule has 0 atom stereocenters. The predicted molar refractivity (Wildman–Crippen MR) is 99.2 cm³/mol. The van der Waals surface area contributed by atoms with Gasteiger partial charge in [-0.3, -0.25) is 14.2 Å². The molecule has 120 valence electrons. The van der Waals surface area contributed by atoms with Gasteiger partial charge in [0.05, 0.1) is 17.0 Å². The molecule has 25 heavy (non-hydrogen) atoms. The number of fused-ring (bicyclic) bond motifs is 2. The monoisotopic (exact) mass is 344 g/mol. The maximum Gasteiger partial charge on any atom is 0.256 e. The quantitative estimate of drug-likeness (QED) is 0.560. The number of benzene rings is 1. The standard InChI is InChI=1S/C19H12N4OS/c24-18-14(13-3-1-2-4-15(13)21-18)11-16-17(12-5-7-20-8-6-12)22-19-23(16)9-10-25-19/h1-11H,(H,21,24). The van der Waals surface area contributed by atoms with Gasteiger partial charge in [0.2, 0.25) is 0 Å². The summed E-state index contributed by atoms with van der Waals surface area (Å²) in [4.78, 5) is 22.2. The van der Waals surface area contributed by atoms with E-state index < -0.39 is 0 Å². The molecule has 1 aliphatic heterocycles. The highest BCUT2D eigenvalue weighted by Crippen LogP contribution is 2.35. The molecular weight excluding hydrogens is 332 g/mol. The van der Waals surface area contributed by atoms with E-state index in [2.05, 4.69) is 10.3 Å². The minimum Gasteiger partial charge on any atom is -0.321 e. The van der Waals surface area contributed by atoms with E-state index in [1.807, 2.05) is 58.5 Å². The van der Waals surface area contributed by atoms with Crippen LogP contribution in [0.4, 0.5) is 5.69 Å². The number of aromatic nitrogens is 3. The van der Waals surface area contributed by atoms with Crippen molar-refractivity contribution in [3.8, 4) is 11.3 Å². The zero-order chi connectivity index (χ0) is 16.8. The largest absolute Gasteiger partial charge is 0.321 e. The van der Waals surface area contributed by atoms with Gasteiger partial charge in [-0.15, -0.1) is 11.3 Å². The number of thiazole rings is 1. The first-order chi connectivity index (χ1) is 12.3. The Kier molecular flexibility index (Phi) is 3.05. The highest BCUT2D eigenvalue weighted by atomic mass is 32.1. The van der Waals surface area contributed by atoms with E-state index in [0.717, 1.165) is 33.2 Å². The number of para-hydroxylation sites is 1. The number of nitrogens with one attached hydrogen (secondary N) is 1. The van der Waals surface area contributed by atoms with Crippen molar-refractivity contribution < 1.29 is 4.79 Å². The fourth-order valence-electron chi connectivity index (χ4n) is 3.08. The number of hydrogen-bond donors (Lipinski definition) is 1. The van der Waals surface area contributed by atoms with Gasteiger partial charge in [-0.05, 0) is 24.3 Å². The molecule has 1 N–H and O–H groups in total. The molecule has 1 aliphatic rings. The number of pyridine rings is 1. The van der Waals surface area contributed by atoms with Gasteiger partial charge in [-0.1, -0.05) is 18.2 Å². The van der Waals surface area contributed by atoms with Crippen LogP contribution in [0.3, 0.4) is 0 Å². The number of amides is 1. The maximum atomic E-state index is 12.5. The van der Waals surface area contributed by atoms with Gasteiger partial charge in [-0.2, -0.15) is 0 Å². The maximum absolute atomic E-state index is 12.5. The summed E-state index contributed by atoms with van der Waals surface area (Å²) in [5, 5.41) is 4.91. The number of nitrogens with zero attached hydrogens (tertiary/aromatic N) is 3. The lowest BCUT2D eigenvalue weighted by Gasteiger charge is -2.02. The summed E-state index contributed by atoms with van der Waals surface area (Å²) in [6.07, 6.45) is 7.39. The van der Waals surface area contributed by atoms with Crippen LogP contribution in [0.15, 0.2) is 60.4 Å². The van der Waals surface area contributed by atoms with Gasteiger partial charge in [0.25, 0.3) is 5.91 Å². The number of carbonyl (C=O) groups excluding carboxylic acids is 1. The second kappa shape index (κ2) is 5.39. The van der Waals surface area contributed by atoms with Crippen LogP contribution < -0.4 is 5.32 Å². The number of imidazole rings is 1. The molecule has 0 unspecified atom stereocenters. The molecule has 0 saturated heterocycles. The first kappa shape index (κ1) is 14.1. The van der Waals surface area contributed by atoms with Crippen molar-refractivity contribution >= 4 is 39.5 Å². The van der Waals surface area contributed by atoms with Crippen LogP contribution in [0.1, 0.15) is 11.3 Å². The molecule has 4 aromatic rings. The normalized spacial score (nSPS) is 14.9. The molecule has 3 aromatic heterocycles. The van der Waals surface area contributed by atoms with Crippen LogP contribution in [-0.2, 0) is 4.79 Å². The van der Waals surface area contributed by atoms with Crippen molar-refractivity contribution in [1.82, 2.24) is 14.4 Å². The number of carbonyl (C=O) groups is 1. The summed E-state index contributed by atoms with van der Waals surface area (Å²) < 4.78 is 2.02. The minimum atomic E-state index is -0.0907. The predicted octanol–water partition coefficient (Wildman–Crippen LogP) is 3.95. The van der Waals surface area contributed by atoms with E-state index in [1.165, 1.54) is 0 Å². The highest BCUT2D eigenvalue weighted by Gasteiger charge is 2.25. The Morgan fingerprint density at radius 3 is 2.84 bits per heavy atom. The SMILES string of the molecule is O=C1Nc2ccccc2C1=Cc1c(-c2ccncc2)nc2sccn12. The van der Waals surface area contributed by atoms with Crippen LogP contribution in [0.2, 0.25) is 0 Å². The molecule has 1 aromatic carbocycles. The molecule has 0 fully saturated rings. The molecule has 0 saturated carbocycles. The summed E-state index contributed by atoms with van der Waals surface area (Å²) in [5.41, 5.74) is 5.13. The highest BCUT2D eigenvalue weighted by molar-refractivity contribution is 7.15. The topological polar surface area (TPSA) is 59.3 Å². The molecule has 6 heteroatoms. The fourth-order valence-corrected chi connectivity index (χ4v) is 3.80. The van der Waals surface area contributed by atoms with Gasteiger partial charge in [0, 0.05) is 40.8 Å². The second-order valence-corrected chi connectivity index (χ2v) is 6.57. The molecule has 5 rings (SSSR count). The van der Waals surface area contributed by atoms with Gasteiger partial charge in [0.15, 0.2) is 4.96 Å². The average molecular weight is 344 g/mol. The molecule has 0 aliphatic carbocycles. The molecule has 0 spiro atoms. The third-order valence-electron chi connectivity index (χ3n) is 4.24. The number of rotatable bonds is 2. The first-order valence-electron chi connectivity index (χ1n) is 7.80. The molecule has 4 heterocycles. The van der Waals surface area contributed by atoms with E-state index >= 15 is 0 Å². The fraction of sp³-hybridized carbons (Fsp3) is 0. The van der Waals surface area contributed by atoms with E-state index in [9.17, 15) is 4.79 Å². The summed E-state index contributed by atoms with van der Waals surface area (Å²) in [7, 11) is 0. The Morgan fingerprint density at radius 1 is 1.12 bits per heavy atom. The Bertz CT molecular complexity index is 1140. The summed E-state index contributed by atoms with van der Waals surface area (Å²) in [6, 6.07) is 11.6. The number of anilines is 1. The summed E-state index contributed by atoms with van der Waals surface area (Å²) in [6.45, 7) is 0. The van der Waals surface area contributed by atoms with Crippen LogP contribution in [0.5, 0.6) is 0 Å². The molecule has 1 amide bonds. The molecule has 0 bridgehead atoms. The Morgan fingerprint density at radius 2 is 1.96 bits per heavy atom. The summed E-state index contributed by atoms with van der Waals surface area (Å²) in [5.74, 6) is -0.0907. The van der Waals surface area contributed by atoms with Gasteiger partial charge in [-0.25, -0.2) is 4.98 Å². The van der Waals surface area contributed by atoms with E-state index in [-0.39, 0.29) is 5.91 Å². The average Bonchev–Trinajstić information content (AvgIpc) is 3.31. The third-order valence-corrected chi connectivity index (χ3v) is 5.00. The van der Waals surface area contributed by atoms with Crippen molar-refractivity contribution in [3.63, 3.8) is 0 Å². The van der Waals surface area contributed by atoms with Crippen LogP contribution >= 0.6 is 11.3 Å². The lowest BCUT2D eigenvalue weighted by Crippen LogP contribution is -2.03. The Balaban J connectivity index is 1.76. The van der Waals surface area contributed by atoms with E-state index in [4.69, 9.17) is 4.98 Å². The molecule has 5 nitrogen and oxygen atoms in total. The van der Waals surface area contributed by atoms with Gasteiger partial charge in [0.1, 0.15) is 0 Å². The van der Waals surface area contributed by atoms with Crippen molar-refractivity contribution in [2.24, 2.45) is 0 Å². The molecule has 0 radical (unpaired) electrons. The van der Waals surface area contributed by atoms with E-state index in [1.54, 1.807) is 23.7 Å². The minimum absolute atomic E-state index is 0.0907. The lowest BCUT2D eigenvalue weighted by atomic mass is 10.0. The second-order valence-electron chi connectivity index (χ2n) is 5.69. The van der Waals surface area contributed by atoms with Gasteiger partial charge < -0.3 is 5.32 Å². The zero-order valence-corrected chi connectivity index (χ0v) is 13.8. The lowest BCUT2D eigenvalue weighted by molar-refractivity contribution is -0.110. The summed E-state index contributed by atoms with van der Waals surface area (Å²) >= 11 is 1.57. The van der Waals surface area contributed by atoms with Crippen LogP contribution in [-0.4, -0.2) is 20.3 Å². The third kappa shape index (κ3) is 2.19. The van der Waals surface area contributed by atoms with Crippen molar-refractivity contribution in [2.45, 2.75) is 0 Å². The van der Waals surface area contributed by atoms with Crippen LogP contribution in [0.25, 0.3) is 27.9 Å². The van der Waals surface area contributed by atoms with E-state index in [0.29, 0.717) is 5.57 Å². The van der Waals surface area contributed by atoms with Crippen molar-refractivity contribution in [2.75, 3.05) is 5.32 Å².